The van der Waals surface area contributed by atoms with Crippen molar-refractivity contribution in [3.63, 3.8) is 0 Å². The van der Waals surface area contributed by atoms with E-state index in [4.69, 9.17) is 16.3 Å². The highest BCUT2D eigenvalue weighted by Crippen LogP contribution is 2.35. The van der Waals surface area contributed by atoms with Crippen molar-refractivity contribution in [2.24, 2.45) is 4.99 Å². The minimum absolute atomic E-state index is 0.0776. The molecule has 2 aromatic carbocycles. The number of para-hydroxylation sites is 2. The summed E-state index contributed by atoms with van der Waals surface area (Å²) in [5.74, 6) is -0.312. The Labute approximate surface area is 181 Å². The Balaban J connectivity index is 1.75. The van der Waals surface area contributed by atoms with E-state index < -0.39 is 16.1 Å². The monoisotopic (exact) mass is 448 g/mol. The average Bonchev–Trinajstić information content (AvgIpc) is 2.96. The molecule has 1 aliphatic heterocycles. The fourth-order valence-electron chi connectivity index (χ4n) is 2.76. The number of benzene rings is 2. The number of ether oxygens (including phenoxy) is 1. The van der Waals surface area contributed by atoms with Crippen LogP contribution in [0.4, 0.5) is 17.1 Å². The molecule has 0 bridgehead atoms. The number of rotatable bonds is 6. The number of nitrogens with zero attached hydrogens (tertiary/aromatic N) is 3. The van der Waals surface area contributed by atoms with Gasteiger partial charge in [-0.25, -0.2) is 4.99 Å². The van der Waals surface area contributed by atoms with Gasteiger partial charge in [0.2, 0.25) is 11.8 Å². The first-order chi connectivity index (χ1) is 14.3. The molecule has 156 valence electrons. The summed E-state index contributed by atoms with van der Waals surface area (Å²) in [5, 5.41) is 13.7. The lowest BCUT2D eigenvalue weighted by atomic mass is 10.2. The third-order valence-electron chi connectivity index (χ3n) is 4.24. The second kappa shape index (κ2) is 9.14. The quantitative estimate of drug-likeness (QED) is 0.530. The summed E-state index contributed by atoms with van der Waals surface area (Å²) >= 11 is 7.15. The van der Waals surface area contributed by atoms with Crippen molar-refractivity contribution in [3.05, 3.63) is 57.6 Å². The van der Waals surface area contributed by atoms with Crippen LogP contribution in [-0.4, -0.2) is 46.2 Å². The molecule has 0 radical (unpaired) electrons. The number of nitrogens with one attached hydrogen (secondary N) is 1. The lowest BCUT2D eigenvalue weighted by Crippen LogP contribution is -2.30. The van der Waals surface area contributed by atoms with Gasteiger partial charge in [-0.3, -0.25) is 24.6 Å². The van der Waals surface area contributed by atoms with Crippen LogP contribution in [-0.2, 0) is 9.59 Å². The van der Waals surface area contributed by atoms with E-state index in [9.17, 15) is 19.7 Å². The predicted octanol–water partition coefficient (Wildman–Crippen LogP) is 3.85. The van der Waals surface area contributed by atoms with E-state index in [1.807, 2.05) is 0 Å². The zero-order valence-electron chi connectivity index (χ0n) is 16.0. The molecule has 2 amide bonds. The van der Waals surface area contributed by atoms with E-state index in [2.05, 4.69) is 10.3 Å². The van der Waals surface area contributed by atoms with Crippen molar-refractivity contribution in [1.29, 1.82) is 0 Å². The summed E-state index contributed by atoms with van der Waals surface area (Å²) in [4.78, 5) is 41.3. The molecule has 9 nitrogen and oxygen atoms in total. The Bertz CT molecular complexity index is 1050. The molecule has 0 spiro atoms. The van der Waals surface area contributed by atoms with Crippen LogP contribution in [0, 0.1) is 10.1 Å². The maximum atomic E-state index is 12.6. The fraction of sp³-hybridized carbons (Fsp3) is 0.211. The van der Waals surface area contributed by atoms with Gasteiger partial charge in [0.1, 0.15) is 22.4 Å². The molecule has 1 atom stereocenters. The van der Waals surface area contributed by atoms with Gasteiger partial charge in [-0.2, -0.15) is 0 Å². The number of carbonyl (C=O) groups excluding carboxylic acids is 2. The number of thioether (sulfide) groups is 1. The highest BCUT2D eigenvalue weighted by Gasteiger charge is 2.37. The number of methoxy groups -OCH3 is 1. The van der Waals surface area contributed by atoms with E-state index in [0.717, 1.165) is 11.8 Å². The van der Waals surface area contributed by atoms with Crippen LogP contribution in [0.3, 0.4) is 0 Å². The van der Waals surface area contributed by atoms with Gasteiger partial charge in [-0.1, -0.05) is 35.5 Å². The van der Waals surface area contributed by atoms with E-state index in [-0.39, 0.29) is 23.7 Å². The molecule has 1 heterocycles. The number of halogens is 1. The lowest BCUT2D eigenvalue weighted by molar-refractivity contribution is -0.383. The first-order valence-electron chi connectivity index (χ1n) is 8.70. The summed E-state index contributed by atoms with van der Waals surface area (Å²) in [6.45, 7) is 0. The molecule has 0 aromatic heterocycles. The van der Waals surface area contributed by atoms with Crippen LogP contribution in [0.2, 0.25) is 5.02 Å². The third-order valence-corrected chi connectivity index (χ3v) is 5.71. The van der Waals surface area contributed by atoms with Gasteiger partial charge in [0.25, 0.3) is 5.69 Å². The van der Waals surface area contributed by atoms with Crippen LogP contribution in [0.25, 0.3) is 0 Å². The molecule has 0 unspecified atom stereocenters. The van der Waals surface area contributed by atoms with Crippen molar-refractivity contribution in [2.45, 2.75) is 11.7 Å². The third kappa shape index (κ3) is 4.71. The molecule has 1 aliphatic rings. The molecule has 11 heteroatoms. The van der Waals surface area contributed by atoms with Crippen molar-refractivity contribution >= 4 is 57.4 Å². The largest absolute Gasteiger partial charge is 0.494 e. The number of hydrogen-bond acceptors (Lipinski definition) is 7. The van der Waals surface area contributed by atoms with Crippen molar-refractivity contribution in [2.75, 3.05) is 19.5 Å². The summed E-state index contributed by atoms with van der Waals surface area (Å²) in [6.07, 6.45) is -0.161. The summed E-state index contributed by atoms with van der Waals surface area (Å²) < 4.78 is 5.26. The number of hydrogen-bond donors (Lipinski definition) is 1. The standard InChI is InChI=1S/C19H17ClN4O5S/c1-23-18(26)16(10-17(25)21-12-5-3-4-6-14(12)24(27)28)30-19(23)22-13-9-11(20)7-8-15(13)29-2/h3-9,16H,10H2,1-2H3,(H,21,25)/t16-/m0/s1. The molecular formula is C19H17ClN4O5S. The van der Waals surface area contributed by atoms with Gasteiger partial charge in [0, 0.05) is 24.6 Å². The number of aliphatic imine (C=N–C) groups is 1. The molecule has 0 aliphatic carbocycles. The number of nitro groups is 1. The Morgan fingerprint density at radius 2 is 2.10 bits per heavy atom. The maximum Gasteiger partial charge on any atom is 0.292 e. The molecule has 1 N–H and O–H groups in total. The number of anilines is 1. The fourth-order valence-corrected chi connectivity index (χ4v) is 4.07. The van der Waals surface area contributed by atoms with E-state index in [0.29, 0.717) is 21.6 Å². The van der Waals surface area contributed by atoms with Gasteiger partial charge in [0.05, 0.1) is 12.0 Å². The number of nitro benzene ring substituents is 1. The molecule has 3 rings (SSSR count). The number of amidine groups is 1. The summed E-state index contributed by atoms with van der Waals surface area (Å²) in [6, 6.07) is 10.8. The molecule has 1 fully saturated rings. The Kier molecular flexibility index (Phi) is 6.58. The number of carbonyl (C=O) groups is 2. The Morgan fingerprint density at radius 3 is 2.80 bits per heavy atom. The molecular weight excluding hydrogens is 432 g/mol. The maximum absolute atomic E-state index is 12.6. The van der Waals surface area contributed by atoms with Crippen LogP contribution in [0.5, 0.6) is 5.75 Å². The summed E-state index contributed by atoms with van der Waals surface area (Å²) in [5.41, 5.74) is 0.315. The molecule has 1 saturated heterocycles. The Hall–Kier alpha value is -3.11. The van der Waals surface area contributed by atoms with E-state index >= 15 is 0 Å². The second-order valence-corrected chi connectivity index (χ2v) is 7.85. The molecule has 0 saturated carbocycles. The Morgan fingerprint density at radius 1 is 1.37 bits per heavy atom. The lowest BCUT2D eigenvalue weighted by Gasteiger charge is -2.10. The highest BCUT2D eigenvalue weighted by molar-refractivity contribution is 8.15. The SMILES string of the molecule is COc1ccc(Cl)cc1N=C1S[C@@H](CC(=O)Nc2ccccc2[N+](=O)[O-])C(=O)N1C. The van der Waals surface area contributed by atoms with Crippen molar-refractivity contribution < 1.29 is 19.2 Å². The first kappa shape index (κ1) is 21.6. The normalized spacial score (nSPS) is 17.3. The van der Waals surface area contributed by atoms with Gasteiger partial charge in [-0.15, -0.1) is 0 Å². The minimum Gasteiger partial charge on any atom is -0.494 e. The second-order valence-electron chi connectivity index (χ2n) is 6.24. The minimum atomic E-state index is -0.707. The number of amides is 2. The zero-order chi connectivity index (χ0) is 21.8. The average molecular weight is 449 g/mol. The zero-order valence-corrected chi connectivity index (χ0v) is 17.6. The topological polar surface area (TPSA) is 114 Å². The van der Waals surface area contributed by atoms with E-state index in [1.165, 1.54) is 30.2 Å². The van der Waals surface area contributed by atoms with Gasteiger partial charge in [-0.05, 0) is 24.3 Å². The molecule has 2 aromatic rings. The van der Waals surface area contributed by atoms with Crippen LogP contribution in [0.15, 0.2) is 47.5 Å². The van der Waals surface area contributed by atoms with Crippen LogP contribution < -0.4 is 10.1 Å². The van der Waals surface area contributed by atoms with Gasteiger partial charge >= 0.3 is 0 Å². The smallest absolute Gasteiger partial charge is 0.292 e. The van der Waals surface area contributed by atoms with Crippen molar-refractivity contribution in [1.82, 2.24) is 4.90 Å². The predicted molar refractivity (Wildman–Crippen MR) is 116 cm³/mol. The van der Waals surface area contributed by atoms with Crippen LogP contribution >= 0.6 is 23.4 Å². The summed E-state index contributed by atoms with van der Waals surface area (Å²) in [7, 11) is 3.06. The molecule has 30 heavy (non-hydrogen) atoms. The van der Waals surface area contributed by atoms with Gasteiger partial charge < -0.3 is 10.1 Å². The van der Waals surface area contributed by atoms with Gasteiger partial charge in [0.15, 0.2) is 5.17 Å². The highest BCUT2D eigenvalue weighted by atomic mass is 35.5. The van der Waals surface area contributed by atoms with Crippen molar-refractivity contribution in [3.8, 4) is 5.75 Å². The van der Waals surface area contributed by atoms with Crippen LogP contribution in [0.1, 0.15) is 6.42 Å². The first-order valence-corrected chi connectivity index (χ1v) is 9.95. The van der Waals surface area contributed by atoms with E-state index in [1.54, 1.807) is 31.3 Å².